The molecule has 0 spiro atoms. The second-order valence-electron chi connectivity index (χ2n) is 2.05. The van der Waals surface area contributed by atoms with Crippen molar-refractivity contribution in [3.05, 3.63) is 0 Å². The van der Waals surface area contributed by atoms with Gasteiger partial charge in [0.25, 0.3) is 16.3 Å². The largest absolute Gasteiger partial charge is 0.302 e. The molecule has 1 aromatic heterocycles. The van der Waals surface area contributed by atoms with Gasteiger partial charge in [-0.15, -0.1) is 12.9 Å². The highest BCUT2D eigenvalue weighted by molar-refractivity contribution is 7.56. The summed E-state index contributed by atoms with van der Waals surface area (Å²) in [6.07, 6.45) is 0. The second kappa shape index (κ2) is 6.08. The Bertz CT molecular complexity index is 446. The molecule has 0 fully saturated rings. The fraction of sp³-hybridized carbons (Fsp3) is 1.00. The topological polar surface area (TPSA) is 36.9 Å². The zero-order chi connectivity index (χ0) is 12.3. The van der Waals surface area contributed by atoms with Crippen LogP contribution in [0.1, 0.15) is 6.92 Å². The van der Waals surface area contributed by atoms with Crippen molar-refractivity contribution in [1.29, 1.82) is 0 Å². The molecule has 0 amide bonds. The Hall–Kier alpha value is 0.01000. The standard InChI is InChI=1S/C2H5F5N4OP4/c1-2-12-16-8-13-9(3)14(6)10(4)15(7)11(16)5/h2H2,1H3. The van der Waals surface area contributed by atoms with Crippen LogP contribution in [0.25, 0.3) is 0 Å². The summed E-state index contributed by atoms with van der Waals surface area (Å²) in [5, 5.41) is 0. The summed E-state index contributed by atoms with van der Waals surface area (Å²) >= 11 is 0. The van der Waals surface area contributed by atoms with E-state index in [2.05, 4.69) is 9.03 Å². The monoisotopic (exact) mass is 320 g/mol. The van der Waals surface area contributed by atoms with E-state index in [-0.39, 0.29) is 6.61 Å². The number of aromatic nitrogens is 4. The molecule has 0 bridgehead atoms. The number of nitrogens with zero attached hydrogens (tertiary/aromatic N) is 4. The molecular weight excluding hydrogens is 315 g/mol. The van der Waals surface area contributed by atoms with Gasteiger partial charge in [0.15, 0.2) is 8.51 Å². The van der Waals surface area contributed by atoms with Crippen molar-refractivity contribution < 1.29 is 26.4 Å². The first-order valence-corrected chi connectivity index (χ1v) is 7.86. The minimum atomic E-state index is -3.76. The molecule has 1 rings (SSSR count). The van der Waals surface area contributed by atoms with Crippen molar-refractivity contribution in [3.8, 4) is 0 Å². The van der Waals surface area contributed by atoms with Crippen molar-refractivity contribution in [3.63, 3.8) is 0 Å². The van der Waals surface area contributed by atoms with Crippen LogP contribution in [0.5, 0.6) is 0 Å². The van der Waals surface area contributed by atoms with Crippen molar-refractivity contribution in [2.75, 3.05) is 6.61 Å². The van der Waals surface area contributed by atoms with Gasteiger partial charge in [-0.3, -0.25) is 0 Å². The van der Waals surface area contributed by atoms with Crippen molar-refractivity contribution in [2.24, 2.45) is 0 Å². The van der Waals surface area contributed by atoms with Crippen LogP contribution in [-0.2, 0) is 0 Å². The smallest absolute Gasteiger partial charge is 0.293 e. The molecule has 5 nitrogen and oxygen atoms in total. The predicted molar refractivity (Wildman–Crippen MR) is 53.8 cm³/mol. The Morgan fingerprint density at radius 2 is 1.81 bits per heavy atom. The second-order valence-corrected chi connectivity index (χ2v) is 7.73. The normalized spacial score (nSPS) is 14.2. The predicted octanol–water partition coefficient (Wildman–Crippen LogP) is 4.39. The van der Waals surface area contributed by atoms with E-state index in [0.29, 0.717) is 0 Å². The van der Waals surface area contributed by atoms with Crippen molar-refractivity contribution in [1.82, 2.24) is 17.5 Å². The number of rotatable bonds is 2. The minimum Gasteiger partial charge on any atom is -0.302 e. The van der Waals surface area contributed by atoms with Gasteiger partial charge in [-0.25, -0.2) is 0 Å². The molecule has 1 heterocycles. The van der Waals surface area contributed by atoms with Crippen LogP contribution in [0.2, 0.25) is 0 Å². The molecule has 3 atom stereocenters. The highest BCUT2D eigenvalue weighted by Gasteiger charge is 2.14. The average molecular weight is 320 g/mol. The van der Waals surface area contributed by atoms with Crippen LogP contribution >= 0.6 is 32.9 Å². The first-order valence-electron chi connectivity index (χ1n) is 3.62. The van der Waals surface area contributed by atoms with E-state index in [4.69, 9.17) is 0 Å². The SMILES string of the molecule is CCOp1npn(F)p(F)n(F)p(F)n1F. The van der Waals surface area contributed by atoms with Gasteiger partial charge in [0.2, 0.25) is 8.08 Å². The molecule has 0 N–H and O–H groups in total. The van der Waals surface area contributed by atoms with E-state index < -0.39 is 45.9 Å². The number of hydrogen-bond acceptors (Lipinski definition) is 2. The fourth-order valence-corrected chi connectivity index (χ4v) is 5.42. The highest BCUT2D eigenvalue weighted by Crippen LogP contribution is 2.43. The molecule has 14 heteroatoms. The van der Waals surface area contributed by atoms with Crippen LogP contribution in [0.3, 0.4) is 0 Å². The van der Waals surface area contributed by atoms with Gasteiger partial charge in [-0.1, -0.05) is 26.4 Å². The van der Waals surface area contributed by atoms with Gasteiger partial charge >= 0.3 is 0 Å². The summed E-state index contributed by atoms with van der Waals surface area (Å²) in [5.41, 5.74) is 0. The van der Waals surface area contributed by atoms with Crippen molar-refractivity contribution >= 4 is 32.9 Å². The Labute approximate surface area is 91.0 Å². The van der Waals surface area contributed by atoms with E-state index in [0.717, 1.165) is 0 Å². The Morgan fingerprint density at radius 1 is 1.19 bits per heavy atom. The maximum Gasteiger partial charge on any atom is 0.293 e. The van der Waals surface area contributed by atoms with Crippen LogP contribution < -0.4 is 4.52 Å². The van der Waals surface area contributed by atoms with E-state index in [1.165, 1.54) is 6.92 Å². The van der Waals surface area contributed by atoms with Gasteiger partial charge in [0.1, 0.15) is 0 Å². The van der Waals surface area contributed by atoms with E-state index in [1.807, 2.05) is 0 Å². The average Bonchev–Trinajstić information content (AvgIpc) is 2.29. The Balaban J connectivity index is 3.56. The molecule has 0 saturated carbocycles. The molecule has 94 valence electrons. The third kappa shape index (κ3) is 3.02. The number of halogens is 5. The highest BCUT2D eigenvalue weighted by atomic mass is 31.2. The lowest BCUT2D eigenvalue weighted by atomic mass is 10.9. The lowest BCUT2D eigenvalue weighted by Gasteiger charge is -2.04. The van der Waals surface area contributed by atoms with Crippen LogP contribution in [-0.4, -0.2) is 24.1 Å². The molecule has 3 unspecified atom stereocenters. The molecule has 0 aliphatic carbocycles. The fourth-order valence-electron chi connectivity index (χ4n) is 0.568. The Kier molecular flexibility index (Phi) is 5.35. The number of hydrogen-bond donors (Lipinski definition) is 0. The molecule has 1 aromatic rings. The first-order chi connectivity index (χ1) is 7.49. The first kappa shape index (κ1) is 14.1. The van der Waals surface area contributed by atoms with Crippen molar-refractivity contribution in [2.45, 2.75) is 6.92 Å². The molecular formula is C2H5F5N4OP4. The van der Waals surface area contributed by atoms with E-state index in [1.54, 1.807) is 0 Å². The minimum absolute atomic E-state index is 0.0166. The van der Waals surface area contributed by atoms with Crippen LogP contribution in [0, 0.1) is 0 Å². The maximum atomic E-state index is 13.1. The van der Waals surface area contributed by atoms with Gasteiger partial charge in [-0.05, 0) is 6.92 Å². The summed E-state index contributed by atoms with van der Waals surface area (Å²) in [6.45, 7) is 1.46. The quantitative estimate of drug-likeness (QED) is 0.758. The van der Waals surface area contributed by atoms with E-state index in [9.17, 15) is 21.8 Å². The van der Waals surface area contributed by atoms with Gasteiger partial charge in [0.05, 0.1) is 6.61 Å². The van der Waals surface area contributed by atoms with E-state index >= 15 is 0 Å². The molecule has 16 heavy (non-hydrogen) atoms. The van der Waals surface area contributed by atoms with Crippen LogP contribution in [0.15, 0.2) is 0 Å². The van der Waals surface area contributed by atoms with Crippen LogP contribution in [0.4, 0.5) is 21.8 Å². The van der Waals surface area contributed by atoms with Gasteiger partial charge in [0, 0.05) is 0 Å². The maximum absolute atomic E-state index is 13.1. The molecule has 0 aliphatic heterocycles. The third-order valence-corrected chi connectivity index (χ3v) is 6.53. The zero-order valence-electron chi connectivity index (χ0n) is 7.58. The van der Waals surface area contributed by atoms with Gasteiger partial charge < -0.3 is 4.52 Å². The molecule has 0 saturated heterocycles. The van der Waals surface area contributed by atoms with Gasteiger partial charge in [-0.2, -0.15) is 0 Å². The lowest BCUT2D eigenvalue weighted by molar-refractivity contribution is 0.368. The zero-order valence-corrected chi connectivity index (χ0v) is 11.2. The molecule has 0 radical (unpaired) electrons. The summed E-state index contributed by atoms with van der Waals surface area (Å²) < 4.78 is 70.0. The summed E-state index contributed by atoms with van der Waals surface area (Å²) in [7, 11) is -10.6. The summed E-state index contributed by atoms with van der Waals surface area (Å²) in [4.78, 5) is 0. The summed E-state index contributed by atoms with van der Waals surface area (Å²) in [5.74, 6) is 0. The molecule has 0 aromatic carbocycles. The summed E-state index contributed by atoms with van der Waals surface area (Å²) in [6, 6.07) is 0. The molecule has 0 aliphatic rings. The lowest BCUT2D eigenvalue weighted by Crippen LogP contribution is -1.95. The Morgan fingerprint density at radius 3 is 2.38 bits per heavy atom. The third-order valence-electron chi connectivity index (χ3n) is 1.12.